The molecule has 2 aromatic rings. The number of hydrogen-bond donors (Lipinski definition) is 0. The van der Waals surface area contributed by atoms with Crippen LogP contribution in [-0.2, 0) is 0 Å². The van der Waals surface area contributed by atoms with E-state index < -0.39 is 0 Å². The van der Waals surface area contributed by atoms with E-state index in [0.29, 0.717) is 11.9 Å². The molecule has 0 amide bonds. The first kappa shape index (κ1) is 8.52. The topological polar surface area (TPSA) is 56.5 Å². The average Bonchev–Trinajstić information content (AvgIpc) is 2.99. The fourth-order valence-electron chi connectivity index (χ4n) is 1.44. The first-order valence-corrected chi connectivity index (χ1v) is 5.04. The summed E-state index contributed by atoms with van der Waals surface area (Å²) >= 11 is 0. The molecule has 5 nitrogen and oxygen atoms in total. The lowest BCUT2D eigenvalue weighted by atomic mass is 10.3. The second kappa shape index (κ2) is 3.12. The Morgan fingerprint density at radius 2 is 2.00 bits per heavy atom. The maximum Gasteiger partial charge on any atom is 0.251 e. The van der Waals surface area contributed by atoms with Crippen molar-refractivity contribution >= 4 is 0 Å². The quantitative estimate of drug-likeness (QED) is 0.733. The molecule has 2 aromatic heterocycles. The minimum atomic E-state index is 0.583. The fraction of sp³-hybridized carbons (Fsp3) is 0.400. The molecular formula is C10H11N5. The highest BCUT2D eigenvalue weighted by atomic mass is 15.5. The molecule has 76 valence electrons. The van der Waals surface area contributed by atoms with Crippen LogP contribution in [0, 0.1) is 6.92 Å². The van der Waals surface area contributed by atoms with Gasteiger partial charge in [0.05, 0.1) is 11.9 Å². The van der Waals surface area contributed by atoms with Crippen LogP contribution in [-0.4, -0.2) is 25.0 Å². The largest absolute Gasteiger partial charge is 0.251 e. The standard InChI is InChI=1S/C10H11N5/c1-7-4-11-10(12-5-7)15-6-9(13-14-15)8-2-3-8/h4-6,8H,2-3H2,1H3. The number of hydrogen-bond acceptors (Lipinski definition) is 4. The fourth-order valence-corrected chi connectivity index (χ4v) is 1.44. The van der Waals surface area contributed by atoms with Gasteiger partial charge in [-0.25, -0.2) is 9.97 Å². The van der Waals surface area contributed by atoms with Gasteiger partial charge in [0.2, 0.25) is 0 Å². The van der Waals surface area contributed by atoms with Gasteiger partial charge in [-0.05, 0) is 25.3 Å². The van der Waals surface area contributed by atoms with Crippen LogP contribution in [0.25, 0.3) is 5.95 Å². The Kier molecular flexibility index (Phi) is 1.77. The lowest BCUT2D eigenvalue weighted by Crippen LogP contribution is -2.01. The van der Waals surface area contributed by atoms with Crippen LogP contribution in [0.3, 0.4) is 0 Å². The number of aryl methyl sites for hydroxylation is 1. The average molecular weight is 201 g/mol. The van der Waals surface area contributed by atoms with Crippen molar-refractivity contribution in [3.8, 4) is 5.95 Å². The molecule has 3 rings (SSSR count). The van der Waals surface area contributed by atoms with E-state index >= 15 is 0 Å². The smallest absolute Gasteiger partial charge is 0.219 e. The Bertz CT molecular complexity index is 469. The van der Waals surface area contributed by atoms with Crippen molar-refractivity contribution in [2.45, 2.75) is 25.7 Å². The van der Waals surface area contributed by atoms with Gasteiger partial charge >= 0.3 is 0 Å². The van der Waals surface area contributed by atoms with Crippen LogP contribution in [0.4, 0.5) is 0 Å². The molecule has 0 aromatic carbocycles. The van der Waals surface area contributed by atoms with E-state index in [1.165, 1.54) is 12.8 Å². The lowest BCUT2D eigenvalue weighted by Gasteiger charge is -1.96. The molecule has 2 heterocycles. The molecule has 0 atom stereocenters. The zero-order valence-corrected chi connectivity index (χ0v) is 8.46. The van der Waals surface area contributed by atoms with Crippen molar-refractivity contribution in [2.75, 3.05) is 0 Å². The van der Waals surface area contributed by atoms with Crippen molar-refractivity contribution < 1.29 is 0 Å². The molecule has 0 radical (unpaired) electrons. The molecule has 0 aliphatic heterocycles. The third-order valence-corrected chi connectivity index (χ3v) is 2.48. The molecule has 0 unspecified atom stereocenters. The van der Waals surface area contributed by atoms with E-state index in [1.807, 2.05) is 13.1 Å². The molecule has 1 aliphatic carbocycles. The summed E-state index contributed by atoms with van der Waals surface area (Å²) in [6, 6.07) is 0. The van der Waals surface area contributed by atoms with Crippen LogP contribution in [0.5, 0.6) is 0 Å². The second-order valence-electron chi connectivity index (χ2n) is 3.92. The van der Waals surface area contributed by atoms with Crippen LogP contribution in [0.2, 0.25) is 0 Å². The number of aromatic nitrogens is 5. The van der Waals surface area contributed by atoms with E-state index in [2.05, 4.69) is 20.3 Å². The minimum absolute atomic E-state index is 0.583. The van der Waals surface area contributed by atoms with Gasteiger partial charge in [-0.1, -0.05) is 5.21 Å². The summed E-state index contributed by atoms with van der Waals surface area (Å²) in [4.78, 5) is 8.38. The predicted molar refractivity (Wildman–Crippen MR) is 53.7 cm³/mol. The first-order chi connectivity index (χ1) is 7.33. The van der Waals surface area contributed by atoms with Gasteiger partial charge in [0, 0.05) is 18.3 Å². The summed E-state index contributed by atoms with van der Waals surface area (Å²) in [7, 11) is 0. The Hall–Kier alpha value is -1.78. The lowest BCUT2D eigenvalue weighted by molar-refractivity contribution is 0.750. The molecule has 0 spiro atoms. The van der Waals surface area contributed by atoms with Gasteiger partial charge in [0.15, 0.2) is 0 Å². The van der Waals surface area contributed by atoms with Gasteiger partial charge < -0.3 is 0 Å². The molecule has 1 saturated carbocycles. The van der Waals surface area contributed by atoms with E-state index in [9.17, 15) is 0 Å². The highest BCUT2D eigenvalue weighted by Crippen LogP contribution is 2.38. The summed E-state index contributed by atoms with van der Waals surface area (Å²) < 4.78 is 1.63. The monoisotopic (exact) mass is 201 g/mol. The van der Waals surface area contributed by atoms with Gasteiger partial charge in [0.1, 0.15) is 0 Å². The van der Waals surface area contributed by atoms with Crippen LogP contribution < -0.4 is 0 Å². The maximum atomic E-state index is 4.19. The minimum Gasteiger partial charge on any atom is -0.219 e. The number of nitrogens with zero attached hydrogens (tertiary/aromatic N) is 5. The van der Waals surface area contributed by atoms with E-state index in [4.69, 9.17) is 0 Å². The van der Waals surface area contributed by atoms with E-state index in [0.717, 1.165) is 11.3 Å². The van der Waals surface area contributed by atoms with Gasteiger partial charge in [-0.15, -0.1) is 5.10 Å². The Balaban J connectivity index is 1.93. The summed E-state index contributed by atoms with van der Waals surface area (Å²) in [5, 5.41) is 8.13. The molecule has 1 aliphatic rings. The Morgan fingerprint density at radius 3 is 2.67 bits per heavy atom. The third kappa shape index (κ3) is 1.60. The first-order valence-electron chi connectivity index (χ1n) is 5.04. The van der Waals surface area contributed by atoms with Crippen LogP contribution in [0.1, 0.15) is 30.0 Å². The second-order valence-corrected chi connectivity index (χ2v) is 3.92. The molecule has 0 N–H and O–H groups in total. The highest BCUT2D eigenvalue weighted by molar-refractivity contribution is 5.16. The predicted octanol–water partition coefficient (Wildman–Crippen LogP) is 1.24. The van der Waals surface area contributed by atoms with Crippen molar-refractivity contribution in [2.24, 2.45) is 0 Å². The van der Waals surface area contributed by atoms with Crippen molar-refractivity contribution in [1.29, 1.82) is 0 Å². The molecule has 0 saturated heterocycles. The van der Waals surface area contributed by atoms with Crippen LogP contribution >= 0.6 is 0 Å². The summed E-state index contributed by atoms with van der Waals surface area (Å²) in [5.41, 5.74) is 2.10. The Labute approximate surface area is 87.2 Å². The van der Waals surface area contributed by atoms with Gasteiger partial charge in [-0.2, -0.15) is 4.68 Å². The zero-order valence-electron chi connectivity index (χ0n) is 8.46. The van der Waals surface area contributed by atoms with E-state index in [-0.39, 0.29) is 0 Å². The summed E-state index contributed by atoms with van der Waals surface area (Å²) in [6.07, 6.45) is 7.94. The van der Waals surface area contributed by atoms with Crippen molar-refractivity contribution in [3.63, 3.8) is 0 Å². The molecular weight excluding hydrogens is 190 g/mol. The van der Waals surface area contributed by atoms with Gasteiger partial charge in [-0.3, -0.25) is 0 Å². The number of rotatable bonds is 2. The van der Waals surface area contributed by atoms with Gasteiger partial charge in [0.25, 0.3) is 5.95 Å². The molecule has 5 heteroatoms. The Morgan fingerprint density at radius 1 is 1.27 bits per heavy atom. The van der Waals surface area contributed by atoms with Crippen LogP contribution in [0.15, 0.2) is 18.6 Å². The SMILES string of the molecule is Cc1cnc(-n2cc(C3CC3)nn2)nc1. The molecule has 1 fully saturated rings. The highest BCUT2D eigenvalue weighted by Gasteiger charge is 2.26. The molecule has 0 bridgehead atoms. The van der Waals surface area contributed by atoms with E-state index in [1.54, 1.807) is 17.1 Å². The molecule has 15 heavy (non-hydrogen) atoms. The summed E-state index contributed by atoms with van der Waals surface area (Å²) in [6.45, 7) is 1.96. The zero-order chi connectivity index (χ0) is 10.3. The maximum absolute atomic E-state index is 4.19. The van der Waals surface area contributed by atoms with Crippen molar-refractivity contribution in [3.05, 3.63) is 29.8 Å². The third-order valence-electron chi connectivity index (χ3n) is 2.48. The normalized spacial score (nSPS) is 15.5. The van der Waals surface area contributed by atoms with Crippen molar-refractivity contribution in [1.82, 2.24) is 25.0 Å². The summed E-state index contributed by atoms with van der Waals surface area (Å²) in [5.74, 6) is 1.20.